The summed E-state index contributed by atoms with van der Waals surface area (Å²) in [6.07, 6.45) is -8.21. The third-order valence-corrected chi connectivity index (χ3v) is 5.41. The van der Waals surface area contributed by atoms with E-state index in [2.05, 4.69) is 30.9 Å². The summed E-state index contributed by atoms with van der Waals surface area (Å²) >= 11 is 0. The Morgan fingerprint density at radius 3 is 2.53 bits per heavy atom. The van der Waals surface area contributed by atoms with E-state index in [4.69, 9.17) is 0 Å². The molecule has 0 amide bonds. The minimum absolute atomic E-state index is 0.0100. The molecule has 13 heteroatoms. The molecular formula is C21H20F6N6O. The van der Waals surface area contributed by atoms with E-state index in [0.29, 0.717) is 4.68 Å². The van der Waals surface area contributed by atoms with Crippen LogP contribution in [0.1, 0.15) is 35.8 Å². The second kappa shape index (κ2) is 9.58. The van der Waals surface area contributed by atoms with Crippen LogP contribution >= 0.6 is 0 Å². The van der Waals surface area contributed by atoms with E-state index in [1.54, 1.807) is 0 Å². The maximum atomic E-state index is 13.2. The molecule has 2 N–H and O–H groups in total. The summed E-state index contributed by atoms with van der Waals surface area (Å²) in [6.45, 7) is 0.702. The molecule has 4 rings (SSSR count). The van der Waals surface area contributed by atoms with Gasteiger partial charge in [-0.1, -0.05) is 30.3 Å². The Kier molecular flexibility index (Phi) is 6.75. The van der Waals surface area contributed by atoms with E-state index in [0.717, 1.165) is 43.1 Å². The Labute approximate surface area is 190 Å². The van der Waals surface area contributed by atoms with E-state index in [-0.39, 0.29) is 29.9 Å². The van der Waals surface area contributed by atoms with Gasteiger partial charge >= 0.3 is 12.5 Å². The highest BCUT2D eigenvalue weighted by Crippen LogP contribution is 2.32. The van der Waals surface area contributed by atoms with Crippen LogP contribution in [0.4, 0.5) is 26.3 Å². The van der Waals surface area contributed by atoms with Crippen LogP contribution in [-0.4, -0.2) is 39.2 Å². The highest BCUT2D eigenvalue weighted by molar-refractivity contribution is 5.44. The van der Waals surface area contributed by atoms with Crippen LogP contribution in [0.2, 0.25) is 0 Å². The maximum absolute atomic E-state index is 13.2. The predicted molar refractivity (Wildman–Crippen MR) is 108 cm³/mol. The molecule has 1 fully saturated rings. The van der Waals surface area contributed by atoms with Crippen molar-refractivity contribution in [2.45, 2.75) is 44.0 Å². The molecule has 1 aliphatic heterocycles. The number of tetrazole rings is 1. The lowest BCUT2D eigenvalue weighted by Gasteiger charge is -2.34. The van der Waals surface area contributed by atoms with E-state index in [9.17, 15) is 26.3 Å². The Morgan fingerprint density at radius 2 is 1.82 bits per heavy atom. The summed E-state index contributed by atoms with van der Waals surface area (Å²) in [6, 6.07) is 12.5. The first-order valence-electron chi connectivity index (χ1n) is 10.4. The molecule has 0 aliphatic carbocycles. The van der Waals surface area contributed by atoms with Crippen molar-refractivity contribution in [1.82, 2.24) is 30.8 Å². The van der Waals surface area contributed by atoms with Crippen molar-refractivity contribution in [2.75, 3.05) is 6.54 Å². The van der Waals surface area contributed by atoms with E-state index >= 15 is 0 Å². The van der Waals surface area contributed by atoms with Crippen molar-refractivity contribution >= 4 is 0 Å². The Morgan fingerprint density at radius 1 is 1.06 bits per heavy atom. The van der Waals surface area contributed by atoms with E-state index in [1.165, 1.54) is 0 Å². The average Bonchev–Trinajstić information content (AvgIpc) is 3.29. The number of nitrogens with one attached hydrogen (secondary N) is 2. The number of benzene rings is 2. The zero-order valence-electron chi connectivity index (χ0n) is 17.6. The SMILES string of the molecule is FC(F)(F)Oc1ccc(-n2nnnc2C(F)(F)F)cc1CN[C@H]1CCCN[C@H]1c1ccccc1. The predicted octanol–water partition coefficient (Wildman–Crippen LogP) is 4.16. The third-order valence-electron chi connectivity index (χ3n) is 5.41. The molecular weight excluding hydrogens is 466 g/mol. The average molecular weight is 486 g/mol. The van der Waals surface area contributed by atoms with Gasteiger partial charge < -0.3 is 15.4 Å². The quantitative estimate of drug-likeness (QED) is 0.510. The molecule has 34 heavy (non-hydrogen) atoms. The van der Waals surface area contributed by atoms with Crippen LogP contribution in [0, 0.1) is 0 Å². The first-order chi connectivity index (χ1) is 16.1. The second-order valence-corrected chi connectivity index (χ2v) is 7.72. The lowest BCUT2D eigenvalue weighted by Crippen LogP contribution is -2.45. The van der Waals surface area contributed by atoms with Crippen LogP contribution in [-0.2, 0) is 12.7 Å². The number of piperidine rings is 1. The van der Waals surface area contributed by atoms with Crippen molar-refractivity contribution in [3.8, 4) is 11.4 Å². The molecule has 2 heterocycles. The molecule has 1 aliphatic rings. The summed E-state index contributed by atoms with van der Waals surface area (Å²) in [7, 11) is 0. The summed E-state index contributed by atoms with van der Waals surface area (Å²) < 4.78 is 83.0. The number of hydrogen-bond donors (Lipinski definition) is 2. The van der Waals surface area contributed by atoms with Crippen LogP contribution in [0.5, 0.6) is 5.75 Å². The zero-order chi connectivity index (χ0) is 24.3. The van der Waals surface area contributed by atoms with Gasteiger partial charge in [0, 0.05) is 24.2 Å². The molecule has 1 saturated heterocycles. The Balaban J connectivity index is 1.62. The standard InChI is InChI=1S/C21H20F6N6O/c22-20(23,24)19-30-31-32-33(19)15-8-9-17(34-21(25,26)27)14(11-15)12-29-16-7-4-10-28-18(16)13-5-2-1-3-6-13/h1-3,5-6,8-9,11,16,18,28-29H,4,7,10,12H2/t16-,18-/m0/s1. The maximum Gasteiger partial charge on any atom is 0.573 e. The first-order valence-corrected chi connectivity index (χ1v) is 10.4. The molecule has 3 aromatic rings. The largest absolute Gasteiger partial charge is 0.573 e. The molecule has 182 valence electrons. The number of aromatic nitrogens is 4. The molecule has 0 radical (unpaired) electrons. The van der Waals surface area contributed by atoms with Gasteiger partial charge in [-0.15, -0.1) is 18.3 Å². The zero-order valence-corrected chi connectivity index (χ0v) is 17.6. The summed E-state index contributed by atoms with van der Waals surface area (Å²) in [5, 5.41) is 16.0. The van der Waals surface area contributed by atoms with Crippen molar-refractivity contribution in [1.29, 1.82) is 0 Å². The van der Waals surface area contributed by atoms with Gasteiger partial charge in [0.15, 0.2) is 0 Å². The van der Waals surface area contributed by atoms with Crippen LogP contribution < -0.4 is 15.4 Å². The highest BCUT2D eigenvalue weighted by atomic mass is 19.4. The second-order valence-electron chi connectivity index (χ2n) is 7.72. The number of ether oxygens (including phenoxy) is 1. The van der Waals surface area contributed by atoms with Gasteiger partial charge in [-0.3, -0.25) is 0 Å². The monoisotopic (exact) mass is 486 g/mol. The van der Waals surface area contributed by atoms with E-state index < -0.39 is 24.1 Å². The molecule has 1 aromatic heterocycles. The number of hydrogen-bond acceptors (Lipinski definition) is 6. The van der Waals surface area contributed by atoms with Crippen molar-refractivity contribution in [3.63, 3.8) is 0 Å². The Bertz CT molecular complexity index is 1100. The lowest BCUT2D eigenvalue weighted by atomic mass is 9.92. The molecule has 0 spiro atoms. The molecule has 0 bridgehead atoms. The number of rotatable bonds is 6. The van der Waals surface area contributed by atoms with Crippen molar-refractivity contribution in [2.24, 2.45) is 0 Å². The number of halogens is 6. The van der Waals surface area contributed by atoms with Crippen LogP contribution in [0.25, 0.3) is 5.69 Å². The fourth-order valence-corrected chi connectivity index (χ4v) is 3.96. The molecule has 2 atom stereocenters. The third kappa shape index (κ3) is 5.65. The van der Waals surface area contributed by atoms with Gasteiger partial charge in [-0.2, -0.15) is 17.9 Å². The molecule has 2 aromatic carbocycles. The van der Waals surface area contributed by atoms with E-state index in [1.807, 2.05) is 30.3 Å². The van der Waals surface area contributed by atoms with Crippen LogP contribution in [0.3, 0.4) is 0 Å². The molecule has 0 saturated carbocycles. The highest BCUT2D eigenvalue weighted by Gasteiger charge is 2.39. The van der Waals surface area contributed by atoms with Gasteiger partial charge in [0.25, 0.3) is 5.82 Å². The molecule has 0 unspecified atom stereocenters. The smallest absolute Gasteiger partial charge is 0.405 e. The fourth-order valence-electron chi connectivity index (χ4n) is 3.96. The minimum atomic E-state index is -4.97. The minimum Gasteiger partial charge on any atom is -0.405 e. The molecule has 7 nitrogen and oxygen atoms in total. The number of nitrogens with zero attached hydrogens (tertiary/aromatic N) is 4. The lowest BCUT2D eigenvalue weighted by molar-refractivity contribution is -0.274. The van der Waals surface area contributed by atoms with Gasteiger partial charge in [-0.25, -0.2) is 0 Å². The number of alkyl halides is 6. The van der Waals surface area contributed by atoms with Gasteiger partial charge in [0.2, 0.25) is 0 Å². The van der Waals surface area contributed by atoms with Gasteiger partial charge in [0.05, 0.1) is 5.69 Å². The fraction of sp³-hybridized carbons (Fsp3) is 0.381. The summed E-state index contributed by atoms with van der Waals surface area (Å²) in [5.41, 5.74) is 0.879. The van der Waals surface area contributed by atoms with Gasteiger partial charge in [0.1, 0.15) is 5.75 Å². The van der Waals surface area contributed by atoms with Crippen molar-refractivity contribution in [3.05, 3.63) is 65.5 Å². The van der Waals surface area contributed by atoms with Crippen LogP contribution in [0.15, 0.2) is 48.5 Å². The topological polar surface area (TPSA) is 76.9 Å². The first kappa shape index (κ1) is 24.0. The Hall–Kier alpha value is -3.19. The van der Waals surface area contributed by atoms with Gasteiger partial charge in [-0.05, 0) is 53.6 Å². The summed E-state index contributed by atoms with van der Waals surface area (Å²) in [4.78, 5) is 0. The summed E-state index contributed by atoms with van der Waals surface area (Å²) in [5.74, 6) is -1.91. The van der Waals surface area contributed by atoms with Crippen molar-refractivity contribution < 1.29 is 31.1 Å². The normalized spacial score (nSPS) is 19.2.